The lowest BCUT2D eigenvalue weighted by Gasteiger charge is -2.03. The van der Waals surface area contributed by atoms with E-state index in [1.807, 2.05) is 10.8 Å². The highest BCUT2D eigenvalue weighted by atomic mass is 32.1. The summed E-state index contributed by atoms with van der Waals surface area (Å²) in [6, 6.07) is 4.84. The van der Waals surface area contributed by atoms with Gasteiger partial charge in [0.05, 0.1) is 7.11 Å². The van der Waals surface area contributed by atoms with Crippen LogP contribution in [-0.4, -0.2) is 28.1 Å². The number of nitrogens with one attached hydrogen (secondary N) is 1. The number of carbonyl (C=O) groups is 1. The van der Waals surface area contributed by atoms with Crippen LogP contribution in [0, 0.1) is 0 Å². The van der Waals surface area contributed by atoms with Gasteiger partial charge in [0.1, 0.15) is 10.7 Å². The van der Waals surface area contributed by atoms with Gasteiger partial charge in [0, 0.05) is 23.0 Å². The summed E-state index contributed by atoms with van der Waals surface area (Å²) in [7, 11) is 1.47. The Kier molecular flexibility index (Phi) is 4.88. The highest BCUT2D eigenvalue weighted by Crippen LogP contribution is 2.27. The van der Waals surface area contributed by atoms with E-state index in [9.17, 15) is 9.90 Å². The Bertz CT molecular complexity index is 873. The lowest BCUT2D eigenvalue weighted by atomic mass is 10.2. The van der Waals surface area contributed by atoms with Gasteiger partial charge >= 0.3 is 0 Å². The minimum absolute atomic E-state index is 0.0524. The molecule has 0 saturated carbocycles. The number of rotatable bonds is 5. The van der Waals surface area contributed by atoms with E-state index in [1.165, 1.54) is 41.9 Å². The van der Waals surface area contributed by atoms with Crippen molar-refractivity contribution in [2.24, 2.45) is 0 Å². The molecule has 1 amide bonds. The molecule has 0 aliphatic carbocycles. The Labute approximate surface area is 146 Å². The second-order valence-electron chi connectivity index (χ2n) is 4.63. The molecule has 2 N–H and O–H groups in total. The quantitative estimate of drug-likeness (QED) is 0.680. The van der Waals surface area contributed by atoms with E-state index < -0.39 is 0 Å². The first-order valence-corrected chi connectivity index (χ1v) is 8.63. The van der Waals surface area contributed by atoms with E-state index in [0.717, 1.165) is 16.3 Å². The molecule has 0 saturated heterocycles. The maximum atomic E-state index is 12.0. The third-order valence-corrected chi connectivity index (χ3v) is 4.57. The van der Waals surface area contributed by atoms with Gasteiger partial charge in [0.2, 0.25) is 5.91 Å². The molecule has 2 aromatic heterocycles. The fraction of sp³-hybridized carbons (Fsp3) is 0.0625. The molecule has 1 aromatic carbocycles. The number of hydrogen-bond acceptors (Lipinski definition) is 7. The van der Waals surface area contributed by atoms with E-state index in [4.69, 9.17) is 4.74 Å². The van der Waals surface area contributed by atoms with Gasteiger partial charge in [-0.15, -0.1) is 22.7 Å². The average Bonchev–Trinajstić information content (AvgIpc) is 3.25. The van der Waals surface area contributed by atoms with Crippen molar-refractivity contribution in [3.8, 4) is 22.2 Å². The number of methoxy groups -OCH3 is 1. The van der Waals surface area contributed by atoms with Gasteiger partial charge in [-0.3, -0.25) is 10.1 Å². The number of amides is 1. The molecular formula is C16H13N3O3S2. The number of hydrogen-bond donors (Lipinski definition) is 2. The van der Waals surface area contributed by atoms with Crippen molar-refractivity contribution in [1.29, 1.82) is 0 Å². The lowest BCUT2D eigenvalue weighted by molar-refractivity contribution is -0.111. The first-order chi connectivity index (χ1) is 11.7. The molecule has 0 fully saturated rings. The smallest absolute Gasteiger partial charge is 0.250 e. The summed E-state index contributed by atoms with van der Waals surface area (Å²) in [5, 5.41) is 17.3. The minimum Gasteiger partial charge on any atom is -0.504 e. The average molecular weight is 359 g/mol. The van der Waals surface area contributed by atoms with Crippen molar-refractivity contribution in [2.45, 2.75) is 0 Å². The molecule has 0 spiro atoms. The Morgan fingerprint density at radius 1 is 1.38 bits per heavy atom. The highest BCUT2D eigenvalue weighted by Gasteiger charge is 2.08. The second kappa shape index (κ2) is 7.24. The van der Waals surface area contributed by atoms with Crippen LogP contribution in [0.2, 0.25) is 0 Å². The van der Waals surface area contributed by atoms with Crippen molar-refractivity contribution >= 4 is 39.8 Å². The molecule has 0 aliphatic rings. The Morgan fingerprint density at radius 2 is 2.25 bits per heavy atom. The molecule has 0 atom stereocenters. The van der Waals surface area contributed by atoms with Crippen LogP contribution in [0.1, 0.15) is 5.56 Å². The summed E-state index contributed by atoms with van der Waals surface area (Å²) in [4.78, 5) is 20.5. The number of nitrogens with zero attached hydrogens (tertiary/aromatic N) is 2. The number of aromatic nitrogens is 2. The van der Waals surface area contributed by atoms with Gasteiger partial charge in [-0.25, -0.2) is 9.97 Å². The zero-order valence-corrected chi connectivity index (χ0v) is 14.2. The third kappa shape index (κ3) is 3.79. The SMILES string of the molecule is COc1cc(/C=C/C(=O)Nc2nc(-c3nccs3)cs2)ccc1O. The topological polar surface area (TPSA) is 84.3 Å². The maximum absolute atomic E-state index is 12.0. The zero-order chi connectivity index (χ0) is 16.9. The largest absolute Gasteiger partial charge is 0.504 e. The molecule has 3 aromatic rings. The Balaban J connectivity index is 1.65. The number of aromatic hydroxyl groups is 1. The van der Waals surface area contributed by atoms with Crippen molar-refractivity contribution < 1.29 is 14.6 Å². The van der Waals surface area contributed by atoms with Crippen LogP contribution >= 0.6 is 22.7 Å². The van der Waals surface area contributed by atoms with E-state index in [0.29, 0.717) is 10.9 Å². The molecular weight excluding hydrogens is 346 g/mol. The monoisotopic (exact) mass is 359 g/mol. The van der Waals surface area contributed by atoms with Gasteiger partial charge in [0.25, 0.3) is 0 Å². The van der Waals surface area contributed by atoms with Crippen LogP contribution in [0.4, 0.5) is 5.13 Å². The summed E-state index contributed by atoms with van der Waals surface area (Å²) < 4.78 is 5.03. The predicted molar refractivity (Wildman–Crippen MR) is 95.5 cm³/mol. The molecule has 0 radical (unpaired) electrons. The van der Waals surface area contributed by atoms with Crippen molar-refractivity contribution in [2.75, 3.05) is 12.4 Å². The van der Waals surface area contributed by atoms with Crippen molar-refractivity contribution in [1.82, 2.24) is 9.97 Å². The van der Waals surface area contributed by atoms with Gasteiger partial charge in [0.15, 0.2) is 16.6 Å². The second-order valence-corrected chi connectivity index (χ2v) is 6.38. The standard InChI is InChI=1S/C16H13N3O3S2/c1-22-13-8-10(2-4-12(13)20)3-5-14(21)19-16-18-11(9-24-16)15-17-6-7-23-15/h2-9,20H,1H3,(H,18,19,21)/b5-3+. The van der Waals surface area contributed by atoms with Crippen LogP contribution in [-0.2, 0) is 4.79 Å². The maximum Gasteiger partial charge on any atom is 0.250 e. The first-order valence-electron chi connectivity index (χ1n) is 6.87. The van der Waals surface area contributed by atoms with Crippen molar-refractivity contribution in [3.63, 3.8) is 0 Å². The summed E-state index contributed by atoms with van der Waals surface area (Å²) in [5.74, 6) is 0.115. The van der Waals surface area contributed by atoms with Gasteiger partial charge in [-0.1, -0.05) is 6.07 Å². The fourth-order valence-electron chi connectivity index (χ4n) is 1.90. The summed E-state index contributed by atoms with van der Waals surface area (Å²) in [6.45, 7) is 0. The van der Waals surface area contributed by atoms with Crippen LogP contribution in [0.5, 0.6) is 11.5 Å². The molecule has 0 bridgehead atoms. The number of thiazole rings is 2. The van der Waals surface area contributed by atoms with E-state index in [1.54, 1.807) is 24.4 Å². The van der Waals surface area contributed by atoms with E-state index in [-0.39, 0.29) is 11.7 Å². The molecule has 122 valence electrons. The normalized spacial score (nSPS) is 10.9. The van der Waals surface area contributed by atoms with Crippen LogP contribution in [0.15, 0.2) is 41.2 Å². The van der Waals surface area contributed by atoms with Gasteiger partial charge in [-0.05, 0) is 23.8 Å². The van der Waals surface area contributed by atoms with Crippen LogP contribution < -0.4 is 10.1 Å². The summed E-state index contributed by atoms with van der Waals surface area (Å²) in [5.41, 5.74) is 1.49. The van der Waals surface area contributed by atoms with Gasteiger partial charge < -0.3 is 9.84 Å². The van der Waals surface area contributed by atoms with E-state index in [2.05, 4.69) is 15.3 Å². The van der Waals surface area contributed by atoms with Crippen molar-refractivity contribution in [3.05, 3.63) is 46.8 Å². The molecule has 0 unspecified atom stereocenters. The third-order valence-electron chi connectivity index (χ3n) is 3.02. The lowest BCUT2D eigenvalue weighted by Crippen LogP contribution is -2.07. The number of ether oxygens (including phenoxy) is 1. The molecule has 8 heteroatoms. The zero-order valence-electron chi connectivity index (χ0n) is 12.6. The molecule has 3 rings (SSSR count). The number of anilines is 1. The summed E-state index contributed by atoms with van der Waals surface area (Å²) >= 11 is 2.84. The van der Waals surface area contributed by atoms with Crippen LogP contribution in [0.25, 0.3) is 16.8 Å². The van der Waals surface area contributed by atoms with Gasteiger partial charge in [-0.2, -0.15) is 0 Å². The summed E-state index contributed by atoms with van der Waals surface area (Å²) in [6.07, 6.45) is 4.75. The molecule has 2 heterocycles. The first kappa shape index (κ1) is 16.2. The molecule has 24 heavy (non-hydrogen) atoms. The molecule has 6 nitrogen and oxygen atoms in total. The van der Waals surface area contributed by atoms with E-state index >= 15 is 0 Å². The predicted octanol–water partition coefficient (Wildman–Crippen LogP) is 3.63. The number of phenols is 1. The van der Waals surface area contributed by atoms with Crippen LogP contribution in [0.3, 0.4) is 0 Å². The Morgan fingerprint density at radius 3 is 3.00 bits per heavy atom. The fourth-order valence-corrected chi connectivity index (χ4v) is 3.27. The minimum atomic E-state index is -0.290. The molecule has 0 aliphatic heterocycles. The Hall–Kier alpha value is -2.71. The highest BCUT2D eigenvalue weighted by molar-refractivity contribution is 7.15. The number of phenolic OH excluding ortho intramolecular Hbond substituents is 1. The number of carbonyl (C=O) groups excluding carboxylic acids is 1. The number of benzene rings is 1.